The van der Waals surface area contributed by atoms with Crippen LogP contribution in [0.3, 0.4) is 0 Å². The lowest BCUT2D eigenvalue weighted by Gasteiger charge is -2.14. The van der Waals surface area contributed by atoms with Crippen LogP contribution in [-0.2, 0) is 11.3 Å². The third-order valence-corrected chi connectivity index (χ3v) is 4.13. The van der Waals surface area contributed by atoms with Gasteiger partial charge in [0.2, 0.25) is 0 Å². The van der Waals surface area contributed by atoms with Crippen LogP contribution in [0.15, 0.2) is 36.4 Å². The van der Waals surface area contributed by atoms with E-state index in [4.69, 9.17) is 10.5 Å². The number of ether oxygens (including phenoxy) is 1. The summed E-state index contributed by atoms with van der Waals surface area (Å²) in [5.41, 5.74) is 6.29. The van der Waals surface area contributed by atoms with Gasteiger partial charge in [-0.1, -0.05) is 62.9 Å². The number of fused-ring (bicyclic) bond motifs is 1. The van der Waals surface area contributed by atoms with Crippen molar-refractivity contribution in [1.29, 1.82) is 0 Å². The van der Waals surface area contributed by atoms with Gasteiger partial charge in [-0.2, -0.15) is 0 Å². The maximum Gasteiger partial charge on any atom is 0.255 e. The van der Waals surface area contributed by atoms with E-state index in [-0.39, 0.29) is 6.61 Å². The third-order valence-electron chi connectivity index (χ3n) is 4.13. The quantitative estimate of drug-likeness (QED) is 0.617. The third kappa shape index (κ3) is 5.53. The number of unbranched alkanes of at least 4 members (excludes halogenated alkanes) is 4. The van der Waals surface area contributed by atoms with Crippen molar-refractivity contribution in [3.63, 3.8) is 0 Å². The molecule has 4 nitrogen and oxygen atoms in total. The molecule has 1 amide bonds. The lowest BCUT2D eigenvalue weighted by Crippen LogP contribution is -2.21. The van der Waals surface area contributed by atoms with E-state index < -0.39 is 5.91 Å². The maximum absolute atomic E-state index is 11.0. The molecule has 0 aromatic heterocycles. The van der Waals surface area contributed by atoms with Crippen molar-refractivity contribution in [3.8, 4) is 5.75 Å². The summed E-state index contributed by atoms with van der Waals surface area (Å²) in [5.74, 6) is 0.268. The van der Waals surface area contributed by atoms with Crippen molar-refractivity contribution in [3.05, 3.63) is 42.0 Å². The molecule has 4 heteroatoms. The molecule has 0 atom stereocenters. The molecule has 0 unspecified atom stereocenters. The van der Waals surface area contributed by atoms with Gasteiger partial charge in [-0.05, 0) is 29.8 Å². The summed E-state index contributed by atoms with van der Waals surface area (Å²) in [7, 11) is 0. The largest absolute Gasteiger partial charge is 0.483 e. The number of primary amides is 1. The Hall–Kier alpha value is -2.07. The molecule has 0 spiro atoms. The molecule has 24 heavy (non-hydrogen) atoms. The van der Waals surface area contributed by atoms with Crippen molar-refractivity contribution in [2.75, 3.05) is 13.2 Å². The Bertz CT molecular complexity index is 655. The first kappa shape index (κ1) is 18.3. The average molecular weight is 328 g/mol. The Morgan fingerprint density at radius 3 is 2.67 bits per heavy atom. The van der Waals surface area contributed by atoms with Gasteiger partial charge in [0.05, 0.1) is 0 Å². The van der Waals surface area contributed by atoms with E-state index in [0.717, 1.165) is 29.8 Å². The fraction of sp³-hybridized carbons (Fsp3) is 0.450. The predicted octanol–water partition coefficient (Wildman–Crippen LogP) is 3.76. The van der Waals surface area contributed by atoms with Crippen LogP contribution in [0.4, 0.5) is 0 Å². The van der Waals surface area contributed by atoms with Gasteiger partial charge in [-0.3, -0.25) is 4.79 Å². The molecule has 0 saturated carbocycles. The van der Waals surface area contributed by atoms with Crippen molar-refractivity contribution in [2.45, 2.75) is 45.6 Å². The van der Waals surface area contributed by atoms with Crippen LogP contribution in [0.25, 0.3) is 10.8 Å². The molecule has 0 radical (unpaired) electrons. The summed E-state index contributed by atoms with van der Waals surface area (Å²) < 4.78 is 5.60. The Kier molecular flexibility index (Phi) is 7.56. The number of carbonyl (C=O) groups excluding carboxylic acids is 1. The van der Waals surface area contributed by atoms with Crippen molar-refractivity contribution >= 4 is 16.7 Å². The van der Waals surface area contributed by atoms with Crippen molar-refractivity contribution in [1.82, 2.24) is 5.32 Å². The predicted molar refractivity (Wildman–Crippen MR) is 99.1 cm³/mol. The minimum absolute atomic E-state index is 0.0949. The van der Waals surface area contributed by atoms with Gasteiger partial charge in [-0.15, -0.1) is 0 Å². The summed E-state index contributed by atoms with van der Waals surface area (Å²) in [5, 5.41) is 5.82. The van der Waals surface area contributed by atoms with Crippen LogP contribution in [0.2, 0.25) is 0 Å². The SMILES string of the molecule is CCCCCCCNCc1c(OCC(N)=O)ccc2ccccc12. The van der Waals surface area contributed by atoms with Gasteiger partial charge in [-0.25, -0.2) is 0 Å². The van der Waals surface area contributed by atoms with Crippen LogP contribution >= 0.6 is 0 Å². The molecule has 2 aromatic carbocycles. The van der Waals surface area contributed by atoms with E-state index in [2.05, 4.69) is 24.4 Å². The highest BCUT2D eigenvalue weighted by Gasteiger charge is 2.09. The summed E-state index contributed by atoms with van der Waals surface area (Å²) in [6, 6.07) is 12.2. The highest BCUT2D eigenvalue weighted by atomic mass is 16.5. The lowest BCUT2D eigenvalue weighted by atomic mass is 10.0. The molecule has 3 N–H and O–H groups in total. The summed E-state index contributed by atoms with van der Waals surface area (Å²) >= 11 is 0. The topological polar surface area (TPSA) is 64.3 Å². The Morgan fingerprint density at radius 1 is 1.08 bits per heavy atom. The Balaban J connectivity index is 2.01. The van der Waals surface area contributed by atoms with E-state index in [1.165, 1.54) is 37.5 Å². The van der Waals surface area contributed by atoms with Gasteiger partial charge in [0.15, 0.2) is 6.61 Å². The molecule has 0 aliphatic heterocycles. The number of benzene rings is 2. The first-order chi connectivity index (χ1) is 11.7. The van der Waals surface area contributed by atoms with Crippen molar-refractivity contribution in [2.24, 2.45) is 5.73 Å². The number of nitrogens with one attached hydrogen (secondary N) is 1. The normalized spacial score (nSPS) is 10.9. The average Bonchev–Trinajstić information content (AvgIpc) is 2.59. The summed E-state index contributed by atoms with van der Waals surface area (Å²) in [6.07, 6.45) is 6.33. The minimum atomic E-state index is -0.460. The second kappa shape index (κ2) is 9.93. The minimum Gasteiger partial charge on any atom is -0.483 e. The number of amides is 1. The molecule has 0 aliphatic rings. The van der Waals surface area contributed by atoms with E-state index in [1.54, 1.807) is 0 Å². The van der Waals surface area contributed by atoms with Gasteiger partial charge < -0.3 is 15.8 Å². The standard InChI is InChI=1S/C20H28N2O2/c1-2-3-4-5-8-13-22-14-18-17-10-7-6-9-16(17)11-12-19(18)24-15-20(21)23/h6-7,9-12,22H,2-5,8,13-15H2,1H3,(H2,21,23). The van der Waals surface area contributed by atoms with Gasteiger partial charge in [0.1, 0.15) is 5.75 Å². The second-order valence-electron chi connectivity index (χ2n) is 6.11. The summed E-state index contributed by atoms with van der Waals surface area (Å²) in [6.45, 7) is 3.85. The number of hydrogen-bond acceptors (Lipinski definition) is 3. The highest BCUT2D eigenvalue weighted by Crippen LogP contribution is 2.28. The lowest BCUT2D eigenvalue weighted by molar-refractivity contribution is -0.119. The zero-order valence-electron chi connectivity index (χ0n) is 14.5. The van der Waals surface area contributed by atoms with Gasteiger partial charge in [0, 0.05) is 12.1 Å². The number of carbonyl (C=O) groups is 1. The smallest absolute Gasteiger partial charge is 0.255 e. The second-order valence-corrected chi connectivity index (χ2v) is 6.11. The zero-order valence-corrected chi connectivity index (χ0v) is 14.5. The van der Waals surface area contributed by atoms with E-state index in [1.807, 2.05) is 24.3 Å². The molecule has 0 heterocycles. The van der Waals surface area contributed by atoms with E-state index in [9.17, 15) is 4.79 Å². The van der Waals surface area contributed by atoms with E-state index >= 15 is 0 Å². The van der Waals surface area contributed by atoms with Crippen LogP contribution in [0.5, 0.6) is 5.75 Å². The molecule has 0 fully saturated rings. The Labute approximate surface area is 144 Å². The molecule has 0 saturated heterocycles. The first-order valence-electron chi connectivity index (χ1n) is 8.84. The van der Waals surface area contributed by atoms with E-state index in [0.29, 0.717) is 0 Å². The first-order valence-corrected chi connectivity index (χ1v) is 8.84. The molecule has 0 aliphatic carbocycles. The highest BCUT2D eigenvalue weighted by molar-refractivity contribution is 5.88. The Morgan fingerprint density at radius 2 is 1.88 bits per heavy atom. The molecule has 2 rings (SSSR count). The maximum atomic E-state index is 11.0. The van der Waals surface area contributed by atoms with Crippen LogP contribution < -0.4 is 15.8 Å². The molecular formula is C20H28N2O2. The van der Waals surface area contributed by atoms with Crippen LogP contribution in [0.1, 0.15) is 44.6 Å². The zero-order chi connectivity index (χ0) is 17.2. The van der Waals surface area contributed by atoms with Gasteiger partial charge >= 0.3 is 0 Å². The summed E-state index contributed by atoms with van der Waals surface area (Å²) in [4.78, 5) is 11.0. The van der Waals surface area contributed by atoms with Gasteiger partial charge in [0.25, 0.3) is 5.91 Å². The monoisotopic (exact) mass is 328 g/mol. The van der Waals surface area contributed by atoms with Crippen molar-refractivity contribution < 1.29 is 9.53 Å². The fourth-order valence-electron chi connectivity index (χ4n) is 2.85. The van der Waals surface area contributed by atoms with Crippen LogP contribution in [-0.4, -0.2) is 19.1 Å². The number of nitrogens with two attached hydrogens (primary N) is 1. The number of hydrogen-bond donors (Lipinski definition) is 2. The number of rotatable bonds is 11. The molecule has 130 valence electrons. The van der Waals surface area contributed by atoms with Crippen LogP contribution in [0, 0.1) is 0 Å². The molecular weight excluding hydrogens is 300 g/mol. The fourth-order valence-corrected chi connectivity index (χ4v) is 2.85. The molecule has 2 aromatic rings. The molecule has 0 bridgehead atoms.